The molecule has 7 heteroatoms. The molecule has 0 saturated carbocycles. The number of aliphatic carboxylic acids is 1. The van der Waals surface area contributed by atoms with E-state index in [1.54, 1.807) is 6.92 Å². The number of β-lactam (4-membered cyclic amide) rings is 1. The first-order valence-corrected chi connectivity index (χ1v) is 8.05. The van der Waals surface area contributed by atoms with E-state index in [9.17, 15) is 19.5 Å². The lowest BCUT2D eigenvalue weighted by Gasteiger charge is -2.49. The highest BCUT2D eigenvalue weighted by atomic mass is 32.2. The van der Waals surface area contributed by atoms with Crippen LogP contribution in [-0.2, 0) is 20.8 Å². The average Bonchev–Trinajstić information content (AvgIpc) is 2.53. The zero-order valence-electron chi connectivity index (χ0n) is 12.4. The number of fused-ring (bicyclic) bond motifs is 1. The van der Waals surface area contributed by atoms with Crippen molar-refractivity contribution in [2.24, 2.45) is 0 Å². The Morgan fingerprint density at radius 2 is 2.04 bits per heavy atom. The standard InChI is InChI=1S/C16H16N2O4S/c1-16(15(21)22)7-8-18-13(20)12(14(18)23-16)17-11(19)9-10-5-3-2-4-6-10/h2-8,12,14H,9H2,1H3,(H,17,19)(H,21,22)/t12?,14-,16?/m1/s1. The normalized spacial score (nSPS) is 28.7. The smallest absolute Gasteiger partial charge is 0.323 e. The van der Waals surface area contributed by atoms with Crippen LogP contribution in [0.4, 0.5) is 0 Å². The first kappa shape index (κ1) is 15.6. The van der Waals surface area contributed by atoms with Crippen molar-refractivity contribution in [2.45, 2.75) is 29.5 Å². The van der Waals surface area contributed by atoms with Gasteiger partial charge in [-0.15, -0.1) is 11.8 Å². The highest BCUT2D eigenvalue weighted by molar-refractivity contribution is 8.02. The Labute approximate surface area is 137 Å². The van der Waals surface area contributed by atoms with Gasteiger partial charge in [0.15, 0.2) is 0 Å². The van der Waals surface area contributed by atoms with Gasteiger partial charge in [0.2, 0.25) is 5.91 Å². The van der Waals surface area contributed by atoms with Crippen molar-refractivity contribution in [3.05, 3.63) is 48.2 Å². The molecule has 23 heavy (non-hydrogen) atoms. The summed E-state index contributed by atoms with van der Waals surface area (Å²) < 4.78 is -1.09. The van der Waals surface area contributed by atoms with Gasteiger partial charge in [-0.05, 0) is 18.6 Å². The second-order valence-electron chi connectivity index (χ2n) is 5.69. The fourth-order valence-corrected chi connectivity index (χ4v) is 3.89. The molecule has 1 saturated heterocycles. The predicted octanol–water partition coefficient (Wildman–Crippen LogP) is 0.986. The topological polar surface area (TPSA) is 86.7 Å². The highest BCUT2D eigenvalue weighted by Crippen LogP contribution is 2.43. The van der Waals surface area contributed by atoms with Gasteiger partial charge in [0, 0.05) is 6.20 Å². The van der Waals surface area contributed by atoms with E-state index in [-0.39, 0.29) is 23.6 Å². The Morgan fingerprint density at radius 3 is 2.70 bits per heavy atom. The van der Waals surface area contributed by atoms with E-state index in [2.05, 4.69) is 5.32 Å². The Balaban J connectivity index is 1.66. The van der Waals surface area contributed by atoms with Crippen LogP contribution in [0.25, 0.3) is 0 Å². The van der Waals surface area contributed by atoms with Gasteiger partial charge in [-0.1, -0.05) is 30.3 Å². The summed E-state index contributed by atoms with van der Waals surface area (Å²) in [5.41, 5.74) is 0.861. The van der Waals surface area contributed by atoms with E-state index in [0.717, 1.165) is 17.3 Å². The highest BCUT2D eigenvalue weighted by Gasteiger charge is 2.54. The van der Waals surface area contributed by atoms with E-state index in [4.69, 9.17) is 0 Å². The molecule has 0 aliphatic carbocycles. The molecule has 2 unspecified atom stereocenters. The minimum absolute atomic E-state index is 0.189. The summed E-state index contributed by atoms with van der Waals surface area (Å²) in [5.74, 6) is -1.43. The number of carbonyl (C=O) groups is 3. The number of carboxylic acid groups (broad SMARTS) is 1. The third-order valence-corrected chi connectivity index (χ3v) is 5.49. The predicted molar refractivity (Wildman–Crippen MR) is 85.5 cm³/mol. The zero-order valence-corrected chi connectivity index (χ0v) is 13.2. The molecule has 0 spiro atoms. The fraction of sp³-hybridized carbons (Fsp3) is 0.312. The molecule has 1 fully saturated rings. The van der Waals surface area contributed by atoms with Gasteiger partial charge >= 0.3 is 5.97 Å². The van der Waals surface area contributed by atoms with Crippen LogP contribution < -0.4 is 5.32 Å². The maximum absolute atomic E-state index is 12.1. The van der Waals surface area contributed by atoms with Crippen LogP contribution in [0.1, 0.15) is 12.5 Å². The van der Waals surface area contributed by atoms with Crippen molar-refractivity contribution in [1.29, 1.82) is 0 Å². The molecule has 1 aromatic rings. The number of nitrogens with one attached hydrogen (secondary N) is 1. The van der Waals surface area contributed by atoms with E-state index in [0.29, 0.717) is 0 Å². The molecule has 0 aromatic heterocycles. The van der Waals surface area contributed by atoms with Crippen molar-refractivity contribution in [2.75, 3.05) is 0 Å². The van der Waals surface area contributed by atoms with Crippen LogP contribution in [0, 0.1) is 0 Å². The van der Waals surface area contributed by atoms with E-state index in [1.807, 2.05) is 30.3 Å². The lowest BCUT2D eigenvalue weighted by molar-refractivity contribution is -0.145. The Morgan fingerprint density at radius 1 is 1.35 bits per heavy atom. The molecule has 120 valence electrons. The quantitative estimate of drug-likeness (QED) is 0.803. The van der Waals surface area contributed by atoms with Crippen molar-refractivity contribution in [3.63, 3.8) is 0 Å². The fourth-order valence-electron chi connectivity index (χ4n) is 2.54. The monoisotopic (exact) mass is 332 g/mol. The van der Waals surface area contributed by atoms with Crippen molar-refractivity contribution >= 4 is 29.5 Å². The molecule has 3 atom stereocenters. The van der Waals surface area contributed by atoms with Crippen molar-refractivity contribution in [1.82, 2.24) is 10.2 Å². The number of thioether (sulfide) groups is 1. The molecule has 2 heterocycles. The summed E-state index contributed by atoms with van der Waals surface area (Å²) in [4.78, 5) is 37.0. The van der Waals surface area contributed by atoms with E-state index in [1.165, 1.54) is 17.2 Å². The Hall–Kier alpha value is -2.28. The Kier molecular flexibility index (Phi) is 3.89. The third-order valence-electron chi connectivity index (χ3n) is 3.95. The van der Waals surface area contributed by atoms with Crippen LogP contribution in [0.3, 0.4) is 0 Å². The molecule has 1 aromatic carbocycles. The van der Waals surface area contributed by atoms with Gasteiger partial charge in [0.1, 0.15) is 16.2 Å². The molecular weight excluding hydrogens is 316 g/mol. The molecule has 2 N–H and O–H groups in total. The van der Waals surface area contributed by atoms with Gasteiger partial charge in [-0.25, -0.2) is 0 Å². The molecule has 2 aliphatic rings. The molecule has 2 amide bonds. The number of rotatable bonds is 4. The van der Waals surface area contributed by atoms with Crippen molar-refractivity contribution < 1.29 is 19.5 Å². The molecule has 2 aliphatic heterocycles. The number of carbonyl (C=O) groups excluding carboxylic acids is 2. The summed E-state index contributed by atoms with van der Waals surface area (Å²) in [7, 11) is 0. The largest absolute Gasteiger partial charge is 0.480 e. The summed E-state index contributed by atoms with van der Waals surface area (Å²) >= 11 is 1.16. The first-order chi connectivity index (χ1) is 10.9. The summed E-state index contributed by atoms with van der Waals surface area (Å²) in [6, 6.07) is 8.56. The molecule has 0 radical (unpaired) electrons. The summed E-state index contributed by atoms with van der Waals surface area (Å²) in [5, 5.41) is 11.6. The minimum atomic E-state index is -1.09. The summed E-state index contributed by atoms with van der Waals surface area (Å²) in [6.45, 7) is 1.58. The molecular formula is C16H16N2O4S. The van der Waals surface area contributed by atoms with E-state index >= 15 is 0 Å². The molecule has 0 bridgehead atoms. The number of carboxylic acids is 1. The Bertz CT molecular complexity index is 691. The average molecular weight is 332 g/mol. The molecule has 3 rings (SSSR count). The summed E-state index contributed by atoms with van der Waals surface area (Å²) in [6.07, 6.45) is 3.18. The van der Waals surface area contributed by atoms with Gasteiger partial charge in [0.05, 0.1) is 6.42 Å². The maximum atomic E-state index is 12.1. The second kappa shape index (κ2) is 5.73. The maximum Gasteiger partial charge on any atom is 0.323 e. The van der Waals surface area contributed by atoms with Gasteiger partial charge < -0.3 is 15.3 Å². The lowest BCUT2D eigenvalue weighted by Crippen LogP contribution is -2.69. The van der Waals surface area contributed by atoms with Gasteiger partial charge in [-0.3, -0.25) is 14.4 Å². The number of nitrogens with zero attached hydrogens (tertiary/aromatic N) is 1. The zero-order chi connectivity index (χ0) is 16.6. The number of benzene rings is 1. The van der Waals surface area contributed by atoms with Crippen molar-refractivity contribution in [3.8, 4) is 0 Å². The van der Waals surface area contributed by atoms with Crippen LogP contribution in [0.15, 0.2) is 42.6 Å². The van der Waals surface area contributed by atoms with Crippen LogP contribution in [0.5, 0.6) is 0 Å². The lowest BCUT2D eigenvalue weighted by atomic mass is 10.0. The first-order valence-electron chi connectivity index (χ1n) is 7.17. The third kappa shape index (κ3) is 2.84. The van der Waals surface area contributed by atoms with Crippen LogP contribution in [0.2, 0.25) is 0 Å². The van der Waals surface area contributed by atoms with Crippen LogP contribution >= 0.6 is 11.8 Å². The number of amides is 2. The van der Waals surface area contributed by atoms with Gasteiger partial charge in [0.25, 0.3) is 5.91 Å². The SMILES string of the molecule is CC1(C(=O)O)C=CN2C(=O)C(NC(=O)Cc3ccccc3)[C@H]2S1. The van der Waals surface area contributed by atoms with E-state index < -0.39 is 16.8 Å². The number of hydrogen-bond acceptors (Lipinski definition) is 4. The minimum Gasteiger partial charge on any atom is -0.480 e. The molecule has 6 nitrogen and oxygen atoms in total. The van der Waals surface area contributed by atoms with Crippen LogP contribution in [-0.4, -0.2) is 44.0 Å². The van der Waals surface area contributed by atoms with Gasteiger partial charge in [-0.2, -0.15) is 0 Å². The number of hydrogen-bond donors (Lipinski definition) is 2. The second-order valence-corrected chi connectivity index (χ2v) is 7.26.